The van der Waals surface area contributed by atoms with Crippen molar-refractivity contribution in [2.45, 2.75) is 25.7 Å². The lowest BCUT2D eigenvalue weighted by molar-refractivity contribution is -0.139. The molecule has 0 bridgehead atoms. The maximum atomic E-state index is 10.9. The molecule has 0 aliphatic heterocycles. The number of carboxylic acids is 2. The second-order valence-corrected chi connectivity index (χ2v) is 5.09. The molecule has 0 saturated heterocycles. The van der Waals surface area contributed by atoms with Crippen molar-refractivity contribution >= 4 is 11.9 Å². The Bertz CT molecular complexity index is 670. The first-order chi connectivity index (χ1) is 10.5. The fourth-order valence-electron chi connectivity index (χ4n) is 2.43. The Labute approximate surface area is 127 Å². The summed E-state index contributed by atoms with van der Waals surface area (Å²) in [7, 11) is 0. The van der Waals surface area contributed by atoms with Crippen LogP contribution in [0.15, 0.2) is 36.9 Å². The predicted molar refractivity (Wildman–Crippen MR) is 79.5 cm³/mol. The lowest BCUT2D eigenvalue weighted by Crippen LogP contribution is -2.11. The first kappa shape index (κ1) is 15.6. The van der Waals surface area contributed by atoms with Crippen LogP contribution in [0.5, 0.6) is 0 Å². The summed E-state index contributed by atoms with van der Waals surface area (Å²) in [5.41, 5.74) is 3.43. The van der Waals surface area contributed by atoms with Gasteiger partial charge in [0.05, 0.1) is 12.8 Å². The van der Waals surface area contributed by atoms with Gasteiger partial charge in [0.2, 0.25) is 0 Å². The molecule has 2 rings (SSSR count). The summed E-state index contributed by atoms with van der Waals surface area (Å²) in [6.45, 7) is 1.89. The monoisotopic (exact) mass is 300 g/mol. The maximum Gasteiger partial charge on any atom is 0.303 e. The molecule has 0 spiro atoms. The molecule has 114 valence electrons. The molecule has 2 N–H and O–H groups in total. The van der Waals surface area contributed by atoms with Crippen LogP contribution >= 0.6 is 0 Å². The van der Waals surface area contributed by atoms with E-state index in [1.54, 1.807) is 18.5 Å². The lowest BCUT2D eigenvalue weighted by Gasteiger charge is -2.15. The topological polar surface area (TPSA) is 100 Å². The van der Waals surface area contributed by atoms with Crippen molar-refractivity contribution in [3.8, 4) is 11.1 Å². The third kappa shape index (κ3) is 3.88. The highest BCUT2D eigenvalue weighted by molar-refractivity contribution is 5.73. The Kier molecular flexibility index (Phi) is 4.83. The second kappa shape index (κ2) is 6.80. The quantitative estimate of drug-likeness (QED) is 0.850. The molecule has 0 unspecified atom stereocenters. The summed E-state index contributed by atoms with van der Waals surface area (Å²) in [6, 6.07) is 5.45. The fraction of sp³-hybridized carbons (Fsp3) is 0.250. The number of aliphatic carboxylic acids is 2. The third-order valence-corrected chi connectivity index (χ3v) is 3.44. The summed E-state index contributed by atoms with van der Waals surface area (Å²) >= 11 is 0. The lowest BCUT2D eigenvalue weighted by atomic mass is 9.89. The Morgan fingerprint density at radius 2 is 1.68 bits per heavy atom. The average Bonchev–Trinajstić information content (AvgIpc) is 2.46. The zero-order valence-electron chi connectivity index (χ0n) is 12.1. The summed E-state index contributed by atoms with van der Waals surface area (Å²) in [5.74, 6) is -2.57. The number of benzene rings is 1. The molecule has 0 radical (unpaired) electrons. The van der Waals surface area contributed by atoms with E-state index in [-0.39, 0.29) is 12.8 Å². The van der Waals surface area contributed by atoms with Gasteiger partial charge in [-0.2, -0.15) is 0 Å². The molecule has 0 aliphatic rings. The molecule has 1 aromatic carbocycles. The van der Waals surface area contributed by atoms with Crippen molar-refractivity contribution in [2.75, 3.05) is 0 Å². The maximum absolute atomic E-state index is 10.9. The predicted octanol–water partition coefficient (Wildman–Crippen LogP) is 2.49. The van der Waals surface area contributed by atoms with Crippen molar-refractivity contribution < 1.29 is 19.8 Å². The molecular formula is C16H16N2O4. The van der Waals surface area contributed by atoms with Crippen LogP contribution in [-0.4, -0.2) is 32.1 Å². The molecule has 6 heteroatoms. The van der Waals surface area contributed by atoms with Gasteiger partial charge in [-0.3, -0.25) is 9.59 Å². The number of carbonyl (C=O) groups is 2. The highest BCUT2D eigenvalue weighted by Crippen LogP contribution is 2.29. The number of aromatic nitrogens is 2. The third-order valence-electron chi connectivity index (χ3n) is 3.44. The van der Waals surface area contributed by atoms with E-state index in [0.29, 0.717) is 5.56 Å². The molecule has 0 fully saturated rings. The van der Waals surface area contributed by atoms with E-state index in [1.165, 1.54) is 6.33 Å². The van der Waals surface area contributed by atoms with Gasteiger partial charge in [0.1, 0.15) is 6.33 Å². The number of nitrogens with zero attached hydrogens (tertiary/aromatic N) is 2. The number of carboxylic acid groups (broad SMARTS) is 2. The van der Waals surface area contributed by atoms with Gasteiger partial charge in [-0.25, -0.2) is 9.97 Å². The van der Waals surface area contributed by atoms with Crippen molar-refractivity contribution in [2.24, 2.45) is 0 Å². The van der Waals surface area contributed by atoms with Crippen molar-refractivity contribution in [1.29, 1.82) is 0 Å². The van der Waals surface area contributed by atoms with Crippen LogP contribution in [0.25, 0.3) is 11.1 Å². The normalized spacial score (nSPS) is 10.6. The van der Waals surface area contributed by atoms with E-state index in [0.717, 1.165) is 16.7 Å². The van der Waals surface area contributed by atoms with E-state index in [4.69, 9.17) is 10.2 Å². The Morgan fingerprint density at radius 3 is 2.18 bits per heavy atom. The van der Waals surface area contributed by atoms with Crippen LogP contribution in [0, 0.1) is 6.92 Å². The minimum absolute atomic E-state index is 0.209. The van der Waals surface area contributed by atoms with Gasteiger partial charge in [-0.05, 0) is 23.6 Å². The average molecular weight is 300 g/mol. The molecular weight excluding hydrogens is 284 g/mol. The van der Waals surface area contributed by atoms with Crippen LogP contribution in [-0.2, 0) is 9.59 Å². The van der Waals surface area contributed by atoms with Gasteiger partial charge in [-0.1, -0.05) is 18.2 Å². The summed E-state index contributed by atoms with van der Waals surface area (Å²) in [6.07, 6.45) is 4.42. The Morgan fingerprint density at radius 1 is 1.09 bits per heavy atom. The first-order valence-corrected chi connectivity index (χ1v) is 6.77. The van der Waals surface area contributed by atoms with Gasteiger partial charge in [0.15, 0.2) is 0 Å². The van der Waals surface area contributed by atoms with Gasteiger partial charge >= 0.3 is 11.9 Å². The van der Waals surface area contributed by atoms with Crippen molar-refractivity contribution in [3.05, 3.63) is 48.0 Å². The van der Waals surface area contributed by atoms with Crippen molar-refractivity contribution in [1.82, 2.24) is 9.97 Å². The highest BCUT2D eigenvalue weighted by Gasteiger charge is 2.19. The molecule has 22 heavy (non-hydrogen) atoms. The number of aryl methyl sites for hydroxylation is 1. The minimum atomic E-state index is -1.01. The molecule has 0 aliphatic carbocycles. The molecule has 0 amide bonds. The number of rotatable bonds is 6. The molecule has 1 aromatic heterocycles. The molecule has 0 atom stereocenters. The first-order valence-electron chi connectivity index (χ1n) is 6.77. The van der Waals surface area contributed by atoms with Crippen LogP contribution < -0.4 is 0 Å². The highest BCUT2D eigenvalue weighted by atomic mass is 16.4. The minimum Gasteiger partial charge on any atom is -0.481 e. The largest absolute Gasteiger partial charge is 0.481 e. The molecule has 6 nitrogen and oxygen atoms in total. The molecule has 1 heterocycles. The molecule has 0 saturated carbocycles. The Balaban J connectivity index is 2.33. The second-order valence-electron chi connectivity index (χ2n) is 5.09. The number of hydrogen-bond acceptors (Lipinski definition) is 4. The smallest absolute Gasteiger partial charge is 0.303 e. The van der Waals surface area contributed by atoms with Gasteiger partial charge in [0.25, 0.3) is 0 Å². The van der Waals surface area contributed by atoms with E-state index in [9.17, 15) is 9.59 Å². The summed E-state index contributed by atoms with van der Waals surface area (Å²) in [4.78, 5) is 29.8. The zero-order valence-corrected chi connectivity index (χ0v) is 12.1. The fourth-order valence-corrected chi connectivity index (χ4v) is 2.43. The van der Waals surface area contributed by atoms with E-state index >= 15 is 0 Å². The zero-order chi connectivity index (χ0) is 16.1. The van der Waals surface area contributed by atoms with Crippen LogP contribution in [0.3, 0.4) is 0 Å². The standard InChI is InChI=1S/C16H16N2O4/c1-10-4-11(12(5-15(19)20)6-16(21)22)2-3-14(10)13-7-17-9-18-8-13/h2-4,7-9,12H,5-6H2,1H3,(H,19,20)(H,21,22). The van der Waals surface area contributed by atoms with E-state index in [1.807, 2.05) is 19.1 Å². The van der Waals surface area contributed by atoms with Gasteiger partial charge in [-0.15, -0.1) is 0 Å². The molecule has 2 aromatic rings. The van der Waals surface area contributed by atoms with Crippen LogP contribution in [0.2, 0.25) is 0 Å². The van der Waals surface area contributed by atoms with Crippen molar-refractivity contribution in [3.63, 3.8) is 0 Å². The van der Waals surface area contributed by atoms with Gasteiger partial charge in [0, 0.05) is 23.9 Å². The summed E-state index contributed by atoms with van der Waals surface area (Å²) in [5, 5.41) is 17.9. The van der Waals surface area contributed by atoms with Gasteiger partial charge < -0.3 is 10.2 Å². The van der Waals surface area contributed by atoms with Crippen LogP contribution in [0.4, 0.5) is 0 Å². The summed E-state index contributed by atoms with van der Waals surface area (Å²) < 4.78 is 0. The van der Waals surface area contributed by atoms with E-state index < -0.39 is 17.9 Å². The van der Waals surface area contributed by atoms with E-state index in [2.05, 4.69) is 9.97 Å². The van der Waals surface area contributed by atoms with Crippen LogP contribution in [0.1, 0.15) is 29.9 Å². The SMILES string of the molecule is Cc1cc(C(CC(=O)O)CC(=O)O)ccc1-c1cncnc1. The number of hydrogen-bond donors (Lipinski definition) is 2. The Hall–Kier alpha value is -2.76.